The van der Waals surface area contributed by atoms with Crippen molar-refractivity contribution in [1.82, 2.24) is 10.2 Å². The highest BCUT2D eigenvalue weighted by molar-refractivity contribution is 5.21. The summed E-state index contributed by atoms with van der Waals surface area (Å²) in [5, 5.41) is 8.05. The number of benzene rings is 1. The first-order valence-electron chi connectivity index (χ1n) is 6.35. The van der Waals surface area contributed by atoms with Crippen LogP contribution in [0.3, 0.4) is 0 Å². The summed E-state index contributed by atoms with van der Waals surface area (Å²) in [6, 6.07) is 8.52. The maximum Gasteiger partial charge on any atom is 0.216 e. The third-order valence-electron chi connectivity index (χ3n) is 2.85. The van der Waals surface area contributed by atoms with Crippen LogP contribution in [0.1, 0.15) is 29.3 Å². The van der Waals surface area contributed by atoms with Crippen LogP contribution >= 0.6 is 0 Å². The van der Waals surface area contributed by atoms with E-state index >= 15 is 0 Å². The molecule has 4 heteroatoms. The van der Waals surface area contributed by atoms with E-state index in [1.54, 1.807) is 0 Å². The van der Waals surface area contributed by atoms with Gasteiger partial charge in [-0.25, -0.2) is 0 Å². The Labute approximate surface area is 107 Å². The van der Waals surface area contributed by atoms with E-state index in [-0.39, 0.29) is 0 Å². The second kappa shape index (κ2) is 6.31. The molecule has 4 nitrogen and oxygen atoms in total. The molecule has 0 aliphatic rings. The van der Waals surface area contributed by atoms with Gasteiger partial charge in [-0.15, -0.1) is 10.2 Å². The van der Waals surface area contributed by atoms with Crippen molar-refractivity contribution in [3.05, 3.63) is 47.2 Å². The van der Waals surface area contributed by atoms with Gasteiger partial charge in [-0.3, -0.25) is 0 Å². The minimum atomic E-state index is 0.654. The standard InChI is InChI=1S/C14H19N3O/c1-11-4-6-12(7-5-11)8-9-14-17-16-13(18-14)3-2-10-15/h4-7H,2-3,8-10,15H2,1H3. The van der Waals surface area contributed by atoms with Gasteiger partial charge < -0.3 is 10.2 Å². The smallest absolute Gasteiger partial charge is 0.216 e. The lowest BCUT2D eigenvalue weighted by Gasteiger charge is -1.99. The van der Waals surface area contributed by atoms with Crippen molar-refractivity contribution in [1.29, 1.82) is 0 Å². The van der Waals surface area contributed by atoms with Crippen molar-refractivity contribution < 1.29 is 4.42 Å². The summed E-state index contributed by atoms with van der Waals surface area (Å²) in [6.45, 7) is 2.74. The van der Waals surface area contributed by atoms with E-state index in [1.807, 2.05) is 0 Å². The number of aryl methyl sites for hydroxylation is 4. The number of nitrogens with zero attached hydrogens (tertiary/aromatic N) is 2. The minimum absolute atomic E-state index is 0.654. The molecule has 0 amide bonds. The van der Waals surface area contributed by atoms with Crippen LogP contribution in [-0.2, 0) is 19.3 Å². The summed E-state index contributed by atoms with van der Waals surface area (Å²) in [7, 11) is 0. The van der Waals surface area contributed by atoms with Crippen molar-refractivity contribution in [3.8, 4) is 0 Å². The number of nitrogens with two attached hydrogens (primary N) is 1. The Morgan fingerprint density at radius 2 is 1.67 bits per heavy atom. The summed E-state index contributed by atoms with van der Waals surface area (Å²) >= 11 is 0. The highest BCUT2D eigenvalue weighted by Crippen LogP contribution is 2.09. The van der Waals surface area contributed by atoms with Gasteiger partial charge in [-0.05, 0) is 31.9 Å². The van der Waals surface area contributed by atoms with Gasteiger partial charge in [0.05, 0.1) is 0 Å². The molecular weight excluding hydrogens is 226 g/mol. The lowest BCUT2D eigenvalue weighted by molar-refractivity contribution is 0.444. The zero-order valence-electron chi connectivity index (χ0n) is 10.7. The van der Waals surface area contributed by atoms with Gasteiger partial charge >= 0.3 is 0 Å². The van der Waals surface area contributed by atoms with Crippen molar-refractivity contribution in [2.75, 3.05) is 6.54 Å². The van der Waals surface area contributed by atoms with E-state index in [0.717, 1.165) is 25.7 Å². The Bertz CT molecular complexity index is 476. The average molecular weight is 245 g/mol. The first-order valence-corrected chi connectivity index (χ1v) is 6.35. The third-order valence-corrected chi connectivity index (χ3v) is 2.85. The van der Waals surface area contributed by atoms with E-state index < -0.39 is 0 Å². The molecule has 0 aliphatic heterocycles. The molecular formula is C14H19N3O. The number of hydrogen-bond donors (Lipinski definition) is 1. The third kappa shape index (κ3) is 3.67. The summed E-state index contributed by atoms with van der Waals surface area (Å²) in [4.78, 5) is 0. The second-order valence-electron chi connectivity index (χ2n) is 4.47. The molecule has 0 saturated heterocycles. The van der Waals surface area contributed by atoms with Crippen LogP contribution in [-0.4, -0.2) is 16.7 Å². The van der Waals surface area contributed by atoms with Crippen LogP contribution in [0.2, 0.25) is 0 Å². The summed E-state index contributed by atoms with van der Waals surface area (Å²) < 4.78 is 5.55. The van der Waals surface area contributed by atoms with Gasteiger partial charge in [0, 0.05) is 12.8 Å². The Kier molecular flexibility index (Phi) is 4.47. The molecule has 0 unspecified atom stereocenters. The molecule has 1 heterocycles. The first-order chi connectivity index (χ1) is 8.78. The van der Waals surface area contributed by atoms with Crippen LogP contribution in [0.4, 0.5) is 0 Å². The van der Waals surface area contributed by atoms with E-state index in [0.29, 0.717) is 18.3 Å². The predicted molar refractivity (Wildman–Crippen MR) is 70.3 cm³/mol. The maximum atomic E-state index is 5.55. The summed E-state index contributed by atoms with van der Waals surface area (Å²) in [6.07, 6.45) is 3.38. The van der Waals surface area contributed by atoms with Crippen molar-refractivity contribution in [2.24, 2.45) is 5.73 Å². The van der Waals surface area contributed by atoms with Gasteiger partial charge in [-0.1, -0.05) is 29.8 Å². The van der Waals surface area contributed by atoms with E-state index in [2.05, 4.69) is 41.4 Å². The van der Waals surface area contributed by atoms with Gasteiger partial charge in [0.1, 0.15) is 0 Å². The molecule has 2 aromatic rings. The molecule has 0 radical (unpaired) electrons. The first kappa shape index (κ1) is 12.8. The van der Waals surface area contributed by atoms with E-state index in [4.69, 9.17) is 10.2 Å². The number of aromatic nitrogens is 2. The monoisotopic (exact) mass is 245 g/mol. The van der Waals surface area contributed by atoms with Crippen molar-refractivity contribution in [3.63, 3.8) is 0 Å². The topological polar surface area (TPSA) is 64.9 Å². The van der Waals surface area contributed by atoms with Gasteiger partial charge in [0.25, 0.3) is 0 Å². The van der Waals surface area contributed by atoms with Crippen LogP contribution in [0.25, 0.3) is 0 Å². The fourth-order valence-corrected chi connectivity index (χ4v) is 1.75. The van der Waals surface area contributed by atoms with Crippen LogP contribution in [0.15, 0.2) is 28.7 Å². The van der Waals surface area contributed by atoms with Gasteiger partial charge in [-0.2, -0.15) is 0 Å². The predicted octanol–water partition coefficient (Wildman–Crippen LogP) is 2.05. The quantitative estimate of drug-likeness (QED) is 0.846. The van der Waals surface area contributed by atoms with Crippen LogP contribution < -0.4 is 5.73 Å². The fourth-order valence-electron chi connectivity index (χ4n) is 1.75. The van der Waals surface area contributed by atoms with Crippen LogP contribution in [0.5, 0.6) is 0 Å². The Hall–Kier alpha value is -1.68. The molecule has 0 saturated carbocycles. The highest BCUT2D eigenvalue weighted by atomic mass is 16.4. The highest BCUT2D eigenvalue weighted by Gasteiger charge is 2.05. The zero-order valence-corrected chi connectivity index (χ0v) is 10.7. The molecule has 2 rings (SSSR count). The van der Waals surface area contributed by atoms with Gasteiger partial charge in [0.2, 0.25) is 11.8 Å². The Morgan fingerprint density at radius 1 is 1.00 bits per heavy atom. The summed E-state index contributed by atoms with van der Waals surface area (Å²) in [5.41, 5.74) is 8.01. The van der Waals surface area contributed by atoms with Crippen molar-refractivity contribution >= 4 is 0 Å². The normalized spacial score (nSPS) is 10.8. The van der Waals surface area contributed by atoms with E-state index in [1.165, 1.54) is 11.1 Å². The number of rotatable bonds is 6. The molecule has 0 spiro atoms. The molecule has 1 aromatic heterocycles. The molecule has 18 heavy (non-hydrogen) atoms. The Balaban J connectivity index is 1.86. The molecule has 1 aromatic carbocycles. The molecule has 0 fully saturated rings. The summed E-state index contributed by atoms with van der Waals surface area (Å²) in [5.74, 6) is 1.40. The zero-order chi connectivity index (χ0) is 12.8. The molecule has 0 atom stereocenters. The molecule has 0 bridgehead atoms. The SMILES string of the molecule is Cc1ccc(CCc2nnc(CCCN)o2)cc1. The van der Waals surface area contributed by atoms with Crippen LogP contribution in [0, 0.1) is 6.92 Å². The van der Waals surface area contributed by atoms with Gasteiger partial charge in [0.15, 0.2) is 0 Å². The second-order valence-corrected chi connectivity index (χ2v) is 4.47. The molecule has 0 aliphatic carbocycles. The van der Waals surface area contributed by atoms with E-state index in [9.17, 15) is 0 Å². The lowest BCUT2D eigenvalue weighted by atomic mass is 10.1. The minimum Gasteiger partial charge on any atom is -0.425 e. The van der Waals surface area contributed by atoms with Crippen molar-refractivity contribution in [2.45, 2.75) is 32.6 Å². The Morgan fingerprint density at radius 3 is 2.33 bits per heavy atom. The molecule has 2 N–H and O–H groups in total. The molecule has 96 valence electrons. The lowest BCUT2D eigenvalue weighted by Crippen LogP contribution is -2.00. The maximum absolute atomic E-state index is 5.55. The number of hydrogen-bond acceptors (Lipinski definition) is 4. The largest absolute Gasteiger partial charge is 0.425 e. The fraction of sp³-hybridized carbons (Fsp3) is 0.429. The average Bonchev–Trinajstić information content (AvgIpc) is 2.84.